The minimum absolute atomic E-state index is 0.0876. The smallest absolute Gasteiger partial charge is 0.296 e. The molecule has 7 rings (SSSR count). The molecule has 5 atom stereocenters. The molecule has 43 heavy (non-hydrogen) atoms. The van der Waals surface area contributed by atoms with Gasteiger partial charge in [0.2, 0.25) is 0 Å². The van der Waals surface area contributed by atoms with Crippen molar-refractivity contribution in [3.8, 4) is 17.1 Å². The molecule has 10 nitrogen and oxygen atoms in total. The molecule has 2 saturated heterocycles. The molecule has 1 N–H and O–H groups in total. The van der Waals surface area contributed by atoms with Crippen molar-refractivity contribution in [3.05, 3.63) is 52.7 Å². The van der Waals surface area contributed by atoms with E-state index in [1.807, 2.05) is 36.4 Å². The number of halogens is 1. The second-order valence-electron chi connectivity index (χ2n) is 13.6. The summed E-state index contributed by atoms with van der Waals surface area (Å²) in [5.74, 6) is 0.253. The summed E-state index contributed by atoms with van der Waals surface area (Å²) in [7, 11) is -0.0329. The number of ether oxygens (including phenoxy) is 3. The van der Waals surface area contributed by atoms with Crippen LogP contribution in [0.5, 0.6) is 6.01 Å². The molecule has 0 amide bonds. The van der Waals surface area contributed by atoms with Gasteiger partial charge in [0.15, 0.2) is 20.1 Å². The van der Waals surface area contributed by atoms with Crippen LogP contribution in [0.2, 0.25) is 23.2 Å². The topological polar surface area (TPSA) is 109 Å². The first-order valence-electron chi connectivity index (χ1n) is 15.1. The average molecular weight is 623 g/mol. The number of nitrogens with zero attached hydrogens (tertiary/aromatic N) is 5. The maximum Gasteiger partial charge on any atom is 0.296 e. The van der Waals surface area contributed by atoms with Crippen LogP contribution < -0.4 is 4.74 Å². The van der Waals surface area contributed by atoms with Gasteiger partial charge in [-0.2, -0.15) is 10.1 Å². The Morgan fingerprint density at radius 2 is 1.84 bits per heavy atom. The van der Waals surface area contributed by atoms with Crippen LogP contribution in [-0.2, 0) is 33.8 Å². The minimum Gasteiger partial charge on any atom is -0.456 e. The highest BCUT2D eigenvalue weighted by molar-refractivity contribution is 6.74. The summed E-state index contributed by atoms with van der Waals surface area (Å²) in [5, 5.41) is 5.01. The van der Waals surface area contributed by atoms with Gasteiger partial charge in [-0.3, -0.25) is 9.67 Å². The molecular formula is C31H39ClN6O4Si. The summed E-state index contributed by atoms with van der Waals surface area (Å²) in [6.07, 6.45) is 7.79. The number of hydrogen-bond donors (Lipinski definition) is 1. The van der Waals surface area contributed by atoms with Gasteiger partial charge in [0.25, 0.3) is 6.01 Å². The van der Waals surface area contributed by atoms with Crippen molar-refractivity contribution >= 4 is 31.1 Å². The maximum absolute atomic E-state index is 6.74. The highest BCUT2D eigenvalue weighted by Crippen LogP contribution is 2.41. The molecule has 2 fully saturated rings. The number of aromatic amines is 1. The van der Waals surface area contributed by atoms with Crippen molar-refractivity contribution in [1.29, 1.82) is 0 Å². The predicted octanol–water partition coefficient (Wildman–Crippen LogP) is 5.61. The molecule has 0 spiro atoms. The fourth-order valence-electron chi connectivity index (χ4n) is 6.18. The number of aryl methyl sites for hydroxylation is 2. The van der Waals surface area contributed by atoms with Crippen molar-refractivity contribution in [2.45, 2.75) is 88.5 Å². The summed E-state index contributed by atoms with van der Waals surface area (Å²) in [5.41, 5.74) is 6.70. The number of rotatable bonds is 7. The quantitative estimate of drug-likeness (QED) is 0.265. The number of nitrogens with one attached hydrogen (secondary N) is 1. The van der Waals surface area contributed by atoms with E-state index in [2.05, 4.69) is 55.0 Å². The second kappa shape index (κ2) is 10.7. The first-order valence-corrected chi connectivity index (χ1v) is 18.3. The molecule has 3 aliphatic rings. The van der Waals surface area contributed by atoms with Gasteiger partial charge in [-0.05, 0) is 55.1 Å². The Bertz CT molecular complexity index is 1670. The molecule has 1 unspecified atom stereocenters. The normalized spacial score (nSPS) is 25.4. The van der Waals surface area contributed by atoms with Crippen LogP contribution in [0.3, 0.4) is 0 Å². The monoisotopic (exact) mass is 622 g/mol. The van der Waals surface area contributed by atoms with Gasteiger partial charge in [0.1, 0.15) is 12.2 Å². The predicted molar refractivity (Wildman–Crippen MR) is 166 cm³/mol. The Morgan fingerprint density at radius 1 is 1.07 bits per heavy atom. The first-order chi connectivity index (χ1) is 20.4. The number of aromatic nitrogens is 6. The Morgan fingerprint density at radius 3 is 2.58 bits per heavy atom. The van der Waals surface area contributed by atoms with E-state index in [-0.39, 0.29) is 35.4 Å². The van der Waals surface area contributed by atoms with Gasteiger partial charge in [-0.25, -0.2) is 4.98 Å². The zero-order valence-electron chi connectivity index (χ0n) is 25.6. The van der Waals surface area contributed by atoms with Crippen LogP contribution in [0.25, 0.3) is 22.3 Å². The van der Waals surface area contributed by atoms with E-state index in [1.54, 1.807) is 0 Å². The van der Waals surface area contributed by atoms with Crippen LogP contribution in [0, 0.1) is 0 Å². The van der Waals surface area contributed by atoms with Crippen LogP contribution in [0.1, 0.15) is 50.1 Å². The summed E-state index contributed by atoms with van der Waals surface area (Å²) in [6, 6.07) is 4.51. The van der Waals surface area contributed by atoms with Crippen molar-refractivity contribution in [2.75, 3.05) is 13.2 Å². The molecule has 12 heteroatoms. The molecule has 4 aromatic heterocycles. The minimum atomic E-state index is -1.96. The zero-order valence-corrected chi connectivity index (χ0v) is 27.3. The number of hydrogen-bond acceptors (Lipinski definition) is 8. The van der Waals surface area contributed by atoms with E-state index in [1.165, 1.54) is 5.56 Å². The lowest BCUT2D eigenvalue weighted by Gasteiger charge is -2.39. The molecule has 1 aliphatic carbocycles. The standard InChI is InChI=1S/C31H39ClN6O4Si/c1-31(2,3)43(5,6)42-25-16-40-27-24(15-39-28(25)27)41-30-36-23-11-21(32)22(35-29(23)37-30)10-18-8-7-17-9-19(12-33-26(17)18)20-13-34-38(4)14-20/h9,11-14,18,24-25,27-28H,7-8,10,15-16H2,1-6H3,(H,35,36,37)/t18?,24-,25-,27-,28-/m1/s1. The van der Waals surface area contributed by atoms with Gasteiger partial charge in [-0.15, -0.1) is 0 Å². The molecule has 6 heterocycles. The molecule has 4 aromatic rings. The lowest BCUT2D eigenvalue weighted by molar-refractivity contribution is 0.0116. The fraction of sp³-hybridized carbons (Fsp3) is 0.548. The van der Waals surface area contributed by atoms with E-state index in [0.29, 0.717) is 36.3 Å². The van der Waals surface area contributed by atoms with Crippen LogP contribution in [-0.4, -0.2) is 75.7 Å². The van der Waals surface area contributed by atoms with Crippen molar-refractivity contribution in [3.63, 3.8) is 0 Å². The number of pyridine rings is 2. The van der Waals surface area contributed by atoms with E-state index in [9.17, 15) is 0 Å². The molecular weight excluding hydrogens is 584 g/mol. The molecule has 228 valence electrons. The van der Waals surface area contributed by atoms with Crippen LogP contribution >= 0.6 is 11.6 Å². The average Bonchev–Trinajstić information content (AvgIpc) is 3.76. The Balaban J connectivity index is 1.03. The third-order valence-corrected chi connectivity index (χ3v) is 14.4. The van der Waals surface area contributed by atoms with E-state index in [0.717, 1.165) is 40.9 Å². The lowest BCUT2D eigenvalue weighted by atomic mass is 9.99. The second-order valence-corrected chi connectivity index (χ2v) is 18.8. The van der Waals surface area contributed by atoms with Crippen molar-refractivity contribution in [2.24, 2.45) is 7.05 Å². The summed E-state index contributed by atoms with van der Waals surface area (Å²) < 4.78 is 27.0. The fourth-order valence-corrected chi connectivity index (χ4v) is 7.72. The van der Waals surface area contributed by atoms with Gasteiger partial charge in [0, 0.05) is 42.2 Å². The largest absolute Gasteiger partial charge is 0.456 e. The van der Waals surface area contributed by atoms with Gasteiger partial charge in [-0.1, -0.05) is 32.4 Å². The number of fused-ring (bicyclic) bond motifs is 3. The number of imidazole rings is 1. The first kappa shape index (κ1) is 28.9. The van der Waals surface area contributed by atoms with Crippen molar-refractivity contribution in [1.82, 2.24) is 29.7 Å². The lowest BCUT2D eigenvalue weighted by Crippen LogP contribution is -2.47. The van der Waals surface area contributed by atoms with Crippen LogP contribution in [0.15, 0.2) is 30.7 Å². The highest BCUT2D eigenvalue weighted by Gasteiger charge is 2.52. The van der Waals surface area contributed by atoms with Crippen molar-refractivity contribution < 1.29 is 18.6 Å². The third kappa shape index (κ3) is 5.39. The van der Waals surface area contributed by atoms with E-state index < -0.39 is 8.32 Å². The zero-order chi connectivity index (χ0) is 30.1. The summed E-state index contributed by atoms with van der Waals surface area (Å²) in [6.45, 7) is 12.2. The SMILES string of the molecule is Cn1cc(-c2cnc3c(c2)CCC3Cc2nc3nc(O[C@@H]4CO[C@H]5[C@@H]4OC[C@H]5O[Si](C)(C)C(C)(C)C)[nH]c3cc2Cl)cn1. The molecule has 0 radical (unpaired) electrons. The van der Waals surface area contributed by atoms with Gasteiger partial charge >= 0.3 is 0 Å². The van der Waals surface area contributed by atoms with Gasteiger partial charge < -0.3 is 23.6 Å². The van der Waals surface area contributed by atoms with Crippen LogP contribution in [0.4, 0.5) is 0 Å². The summed E-state index contributed by atoms with van der Waals surface area (Å²) >= 11 is 6.74. The Kier molecular flexibility index (Phi) is 7.17. The van der Waals surface area contributed by atoms with Gasteiger partial charge in [0.05, 0.1) is 41.7 Å². The highest BCUT2D eigenvalue weighted by atomic mass is 35.5. The van der Waals surface area contributed by atoms with E-state index in [4.69, 9.17) is 40.2 Å². The molecule has 0 aromatic carbocycles. The molecule has 0 bridgehead atoms. The molecule has 2 aliphatic heterocycles. The summed E-state index contributed by atoms with van der Waals surface area (Å²) in [4.78, 5) is 17.6. The Labute approximate surface area is 257 Å². The molecule has 0 saturated carbocycles. The third-order valence-electron chi connectivity index (χ3n) is 9.58. The van der Waals surface area contributed by atoms with E-state index >= 15 is 0 Å². The Hall–Kier alpha value is -2.83. The maximum atomic E-state index is 6.74. The number of H-pyrrole nitrogens is 1.